The van der Waals surface area contributed by atoms with Gasteiger partial charge in [-0.3, -0.25) is 0 Å². The lowest BCUT2D eigenvalue weighted by Gasteiger charge is -2.06. The van der Waals surface area contributed by atoms with E-state index in [0.29, 0.717) is 10.8 Å². The summed E-state index contributed by atoms with van der Waals surface area (Å²) in [6.45, 7) is 3.36. The van der Waals surface area contributed by atoms with Crippen LogP contribution in [0.25, 0.3) is 6.08 Å². The summed E-state index contributed by atoms with van der Waals surface area (Å²) in [5.41, 5.74) is 0.854. The zero-order valence-electron chi connectivity index (χ0n) is 11.0. The van der Waals surface area contributed by atoms with Gasteiger partial charge in [0, 0.05) is 11.1 Å². The van der Waals surface area contributed by atoms with Gasteiger partial charge in [-0.05, 0) is 37.6 Å². The molecule has 0 spiro atoms. The Bertz CT molecular complexity index is 620. The van der Waals surface area contributed by atoms with Gasteiger partial charge in [0.1, 0.15) is 0 Å². The Morgan fingerprint density at radius 3 is 2.70 bits per heavy atom. The number of halogens is 1. The molecule has 0 aliphatic heterocycles. The highest BCUT2D eigenvalue weighted by atomic mass is 35.5. The number of ether oxygens (including phenoxy) is 1. The first-order valence-corrected chi connectivity index (χ1v) is 6.37. The van der Waals surface area contributed by atoms with Crippen molar-refractivity contribution in [3.05, 3.63) is 52.6 Å². The third-order valence-electron chi connectivity index (χ3n) is 2.47. The normalized spacial score (nSPS) is 12.6. The smallest absolute Gasteiger partial charge is 0.331 e. The minimum absolute atomic E-state index is 0.274. The molecule has 104 valence electrons. The molecule has 2 rings (SSSR count). The van der Waals surface area contributed by atoms with Crippen molar-refractivity contribution in [3.63, 3.8) is 0 Å². The molecule has 0 aliphatic rings. The molecule has 1 unspecified atom stereocenters. The largest absolute Gasteiger partial charge is 0.449 e. The van der Waals surface area contributed by atoms with E-state index in [2.05, 4.69) is 10.1 Å². The first-order chi connectivity index (χ1) is 9.54. The zero-order valence-corrected chi connectivity index (χ0v) is 11.8. The van der Waals surface area contributed by atoms with Crippen molar-refractivity contribution in [2.45, 2.75) is 20.0 Å². The van der Waals surface area contributed by atoms with E-state index in [1.165, 1.54) is 6.08 Å². The average Bonchev–Trinajstić information content (AvgIpc) is 2.85. The molecule has 2 aromatic rings. The molecular weight excluding hydrogens is 280 g/mol. The van der Waals surface area contributed by atoms with Gasteiger partial charge >= 0.3 is 5.97 Å². The maximum absolute atomic E-state index is 11.6. The fraction of sp³-hybridized carbons (Fsp3) is 0.214. The topological polar surface area (TPSA) is 65.2 Å². The second-order valence-corrected chi connectivity index (χ2v) is 4.58. The van der Waals surface area contributed by atoms with Crippen LogP contribution in [0, 0.1) is 6.92 Å². The predicted octanol–water partition coefficient (Wildman–Crippen LogP) is 3.35. The van der Waals surface area contributed by atoms with Crippen LogP contribution in [0.4, 0.5) is 0 Å². The second kappa shape index (κ2) is 6.34. The highest BCUT2D eigenvalue weighted by molar-refractivity contribution is 6.30. The number of aryl methyl sites for hydroxylation is 1. The van der Waals surface area contributed by atoms with E-state index >= 15 is 0 Å². The second-order valence-electron chi connectivity index (χ2n) is 4.14. The molecule has 0 aliphatic carbocycles. The molecule has 1 aromatic carbocycles. The molecule has 0 amide bonds. The molecule has 0 fully saturated rings. The summed E-state index contributed by atoms with van der Waals surface area (Å²) in [6, 6.07) is 7.10. The van der Waals surface area contributed by atoms with Gasteiger partial charge in [0.25, 0.3) is 5.89 Å². The molecule has 0 bridgehead atoms. The van der Waals surface area contributed by atoms with Crippen molar-refractivity contribution in [1.82, 2.24) is 10.1 Å². The van der Waals surface area contributed by atoms with Gasteiger partial charge in [-0.15, -0.1) is 0 Å². The minimum Gasteiger partial charge on any atom is -0.449 e. The van der Waals surface area contributed by atoms with Crippen molar-refractivity contribution in [3.8, 4) is 0 Å². The Labute approximate surface area is 121 Å². The summed E-state index contributed by atoms with van der Waals surface area (Å²) in [5, 5.41) is 4.28. The Morgan fingerprint density at radius 1 is 1.40 bits per heavy atom. The van der Waals surface area contributed by atoms with E-state index in [-0.39, 0.29) is 5.89 Å². The lowest BCUT2D eigenvalue weighted by atomic mass is 10.2. The maximum Gasteiger partial charge on any atom is 0.331 e. The van der Waals surface area contributed by atoms with Crippen LogP contribution in [0.1, 0.15) is 30.3 Å². The molecule has 0 saturated carbocycles. The number of carbonyl (C=O) groups is 1. The maximum atomic E-state index is 11.6. The number of nitrogens with zero attached hydrogens (tertiary/aromatic N) is 2. The van der Waals surface area contributed by atoms with Gasteiger partial charge < -0.3 is 9.26 Å². The van der Waals surface area contributed by atoms with Crippen LogP contribution < -0.4 is 0 Å². The number of aromatic nitrogens is 2. The lowest BCUT2D eigenvalue weighted by molar-refractivity contribution is -0.143. The fourth-order valence-electron chi connectivity index (χ4n) is 1.48. The zero-order chi connectivity index (χ0) is 14.5. The third kappa shape index (κ3) is 3.93. The summed E-state index contributed by atoms with van der Waals surface area (Å²) in [7, 11) is 0. The van der Waals surface area contributed by atoms with Gasteiger partial charge in [0.05, 0.1) is 0 Å². The molecule has 0 N–H and O–H groups in total. The molecular formula is C14H13ClN2O3. The first kappa shape index (κ1) is 14.3. The van der Waals surface area contributed by atoms with E-state index in [9.17, 15) is 4.79 Å². The van der Waals surface area contributed by atoms with Crippen molar-refractivity contribution in [2.75, 3.05) is 0 Å². The van der Waals surface area contributed by atoms with Gasteiger partial charge in [0.15, 0.2) is 11.9 Å². The van der Waals surface area contributed by atoms with Crippen molar-refractivity contribution >= 4 is 23.6 Å². The summed E-state index contributed by atoms with van der Waals surface area (Å²) < 4.78 is 10.1. The summed E-state index contributed by atoms with van der Waals surface area (Å²) in [4.78, 5) is 15.6. The SMILES string of the molecule is Cc1noc(C(C)OC(=O)/C=C/c2ccc(Cl)cc2)n1. The van der Waals surface area contributed by atoms with Crippen LogP contribution >= 0.6 is 11.6 Å². The predicted molar refractivity (Wildman–Crippen MR) is 74.0 cm³/mol. The van der Waals surface area contributed by atoms with Crippen LogP contribution in [0.2, 0.25) is 5.02 Å². The molecule has 1 heterocycles. The first-order valence-electron chi connectivity index (χ1n) is 5.99. The number of rotatable bonds is 4. The van der Waals surface area contributed by atoms with Crippen LogP contribution in [0.15, 0.2) is 34.9 Å². The van der Waals surface area contributed by atoms with E-state index in [0.717, 1.165) is 5.56 Å². The average molecular weight is 293 g/mol. The molecule has 0 saturated heterocycles. The number of benzene rings is 1. The van der Waals surface area contributed by atoms with Crippen molar-refractivity contribution in [1.29, 1.82) is 0 Å². The Morgan fingerprint density at radius 2 is 2.10 bits per heavy atom. The Hall–Kier alpha value is -2.14. The Balaban J connectivity index is 1.93. The number of esters is 1. The quantitative estimate of drug-likeness (QED) is 0.638. The van der Waals surface area contributed by atoms with Crippen LogP contribution in [0.3, 0.4) is 0 Å². The standard InChI is InChI=1S/C14H13ClN2O3/c1-9(14-16-10(2)17-20-14)19-13(18)8-5-11-3-6-12(15)7-4-11/h3-9H,1-2H3/b8-5+. The fourth-order valence-corrected chi connectivity index (χ4v) is 1.61. The number of hydrogen-bond donors (Lipinski definition) is 0. The third-order valence-corrected chi connectivity index (χ3v) is 2.72. The van der Waals surface area contributed by atoms with E-state index in [1.54, 1.807) is 44.2 Å². The van der Waals surface area contributed by atoms with Gasteiger partial charge in [0.2, 0.25) is 0 Å². The Kier molecular flexibility index (Phi) is 4.53. The number of carbonyl (C=O) groups excluding carboxylic acids is 1. The minimum atomic E-state index is -0.585. The molecule has 1 aromatic heterocycles. The summed E-state index contributed by atoms with van der Waals surface area (Å²) in [5.74, 6) is 0.290. The highest BCUT2D eigenvalue weighted by Gasteiger charge is 2.16. The van der Waals surface area contributed by atoms with Gasteiger partial charge in [-0.25, -0.2) is 4.79 Å². The monoisotopic (exact) mass is 292 g/mol. The van der Waals surface area contributed by atoms with Crippen molar-refractivity contribution in [2.24, 2.45) is 0 Å². The van der Waals surface area contributed by atoms with Crippen LogP contribution in [-0.4, -0.2) is 16.1 Å². The van der Waals surface area contributed by atoms with E-state index in [4.69, 9.17) is 20.9 Å². The van der Waals surface area contributed by atoms with Crippen LogP contribution in [0.5, 0.6) is 0 Å². The summed E-state index contributed by atoms with van der Waals surface area (Å²) >= 11 is 5.77. The highest BCUT2D eigenvalue weighted by Crippen LogP contribution is 2.15. The van der Waals surface area contributed by atoms with E-state index < -0.39 is 12.1 Å². The molecule has 5 nitrogen and oxygen atoms in total. The molecule has 1 atom stereocenters. The molecule has 20 heavy (non-hydrogen) atoms. The molecule has 0 radical (unpaired) electrons. The van der Waals surface area contributed by atoms with E-state index in [1.807, 2.05) is 0 Å². The van der Waals surface area contributed by atoms with Gasteiger partial charge in [-0.2, -0.15) is 4.98 Å². The molecule has 6 heteroatoms. The van der Waals surface area contributed by atoms with Crippen LogP contribution in [-0.2, 0) is 9.53 Å². The lowest BCUT2D eigenvalue weighted by Crippen LogP contribution is -2.06. The van der Waals surface area contributed by atoms with Crippen molar-refractivity contribution < 1.29 is 14.1 Å². The number of hydrogen-bond acceptors (Lipinski definition) is 5. The summed E-state index contributed by atoms with van der Waals surface area (Å²) in [6.07, 6.45) is 2.39. The van der Waals surface area contributed by atoms with Gasteiger partial charge in [-0.1, -0.05) is 28.9 Å².